The summed E-state index contributed by atoms with van der Waals surface area (Å²) in [5.41, 5.74) is 14.2. The van der Waals surface area contributed by atoms with Crippen LogP contribution in [0.4, 0.5) is 0 Å². The molecule has 6 aromatic carbocycles. The van der Waals surface area contributed by atoms with Crippen LogP contribution in [-0.4, -0.2) is 0 Å². The molecular formula is C49H58Hf. The van der Waals surface area contributed by atoms with Gasteiger partial charge in [0.2, 0.25) is 0 Å². The van der Waals surface area contributed by atoms with Gasteiger partial charge in [0.1, 0.15) is 0 Å². The molecule has 6 aromatic rings. The molecule has 0 radical (unpaired) electrons. The van der Waals surface area contributed by atoms with Crippen LogP contribution < -0.4 is 0 Å². The Morgan fingerprint density at radius 3 is 1.14 bits per heavy atom. The quantitative estimate of drug-likeness (QED) is 0.106. The third kappa shape index (κ3) is 7.19. The van der Waals surface area contributed by atoms with Gasteiger partial charge >= 0.3 is 25.8 Å². The van der Waals surface area contributed by atoms with E-state index in [0.717, 1.165) is 0 Å². The van der Waals surface area contributed by atoms with Gasteiger partial charge in [0.25, 0.3) is 0 Å². The van der Waals surface area contributed by atoms with Crippen molar-refractivity contribution in [1.82, 2.24) is 0 Å². The van der Waals surface area contributed by atoms with E-state index in [4.69, 9.17) is 0 Å². The van der Waals surface area contributed by atoms with Crippen molar-refractivity contribution in [3.8, 4) is 22.3 Å². The topological polar surface area (TPSA) is 0 Å². The van der Waals surface area contributed by atoms with Crippen LogP contribution in [0.15, 0.2) is 97.1 Å². The number of hydrogen-bond donors (Lipinski definition) is 0. The monoisotopic (exact) mass is 826 g/mol. The van der Waals surface area contributed by atoms with E-state index < -0.39 is 0 Å². The van der Waals surface area contributed by atoms with E-state index in [2.05, 4.69) is 152 Å². The van der Waals surface area contributed by atoms with Crippen molar-refractivity contribution in [3.63, 3.8) is 0 Å². The third-order valence-electron chi connectivity index (χ3n) is 11.3. The first kappa shape index (κ1) is 39.8. The summed E-state index contributed by atoms with van der Waals surface area (Å²) >= 11 is 0. The molecule has 0 N–H and O–H groups in total. The van der Waals surface area contributed by atoms with Gasteiger partial charge in [0.05, 0.1) is 0 Å². The second kappa shape index (κ2) is 15.7. The summed E-state index contributed by atoms with van der Waals surface area (Å²) in [4.78, 5) is 0. The Kier molecular flexibility index (Phi) is 12.5. The Morgan fingerprint density at radius 1 is 0.480 bits per heavy atom. The first-order chi connectivity index (χ1) is 22.5. The number of fused-ring (bicyclic) bond motifs is 2. The molecule has 258 valence electrons. The van der Waals surface area contributed by atoms with Gasteiger partial charge < -0.3 is 14.9 Å². The van der Waals surface area contributed by atoms with Gasteiger partial charge in [0.15, 0.2) is 0 Å². The zero-order valence-corrected chi connectivity index (χ0v) is 36.0. The molecule has 0 unspecified atom stereocenters. The van der Waals surface area contributed by atoms with Gasteiger partial charge in [-0.3, -0.25) is 0 Å². The summed E-state index contributed by atoms with van der Waals surface area (Å²) < 4.78 is 0. The Labute approximate surface area is 323 Å². The summed E-state index contributed by atoms with van der Waals surface area (Å²) in [6.45, 7) is 18.5. The molecule has 0 heterocycles. The molecule has 1 fully saturated rings. The van der Waals surface area contributed by atoms with Crippen LogP contribution in [-0.2, 0) is 31.3 Å². The second-order valence-corrected chi connectivity index (χ2v) is 15.8. The van der Waals surface area contributed by atoms with E-state index in [9.17, 15) is 0 Å². The molecular weight excluding hydrogens is 767 g/mol. The first-order valence-electron chi connectivity index (χ1n) is 18.2. The van der Waals surface area contributed by atoms with E-state index in [-0.39, 0.29) is 46.1 Å². The minimum atomic E-state index is 0. The molecule has 0 saturated heterocycles. The van der Waals surface area contributed by atoms with Gasteiger partial charge in [0, 0.05) is 0 Å². The standard InChI is InChI=1S/C47H52.2CH3.Hf/c1-29(2)35-19-36(30(3)4)22-39(21-35)43-15-11-13-33-25-41(27-45(33)43)47(17-9-10-18-47)42-26-34-14-12-16-44(46(34)28-42)40-23-37(31(5)6)20-38(24-40)32(7)8;;;/h11-16,19-32H,9-10,17-18H2,1-8H3;2*1H3;/q-2;2*-1;+4. The molecule has 1 heteroatoms. The predicted molar refractivity (Wildman–Crippen MR) is 218 cm³/mol. The van der Waals surface area contributed by atoms with Crippen LogP contribution in [0, 0.1) is 14.9 Å². The fourth-order valence-corrected chi connectivity index (χ4v) is 8.25. The molecule has 1 saturated carbocycles. The average molecular weight is 825 g/mol. The Bertz CT molecular complexity index is 1850. The zero-order valence-electron chi connectivity index (χ0n) is 32.4. The van der Waals surface area contributed by atoms with Gasteiger partial charge in [-0.1, -0.05) is 128 Å². The molecule has 0 amide bonds. The van der Waals surface area contributed by atoms with Crippen LogP contribution >= 0.6 is 0 Å². The fraction of sp³-hybridized carbons (Fsp3) is 0.347. The third-order valence-corrected chi connectivity index (χ3v) is 11.3. The van der Waals surface area contributed by atoms with Crippen molar-refractivity contribution in [1.29, 1.82) is 0 Å². The molecule has 0 bridgehead atoms. The molecule has 50 heavy (non-hydrogen) atoms. The van der Waals surface area contributed by atoms with Gasteiger partial charge in [-0.2, -0.15) is 12.1 Å². The van der Waals surface area contributed by atoms with E-state index >= 15 is 0 Å². The normalized spacial score (nSPS) is 14.1. The summed E-state index contributed by atoms with van der Waals surface area (Å²) in [5.74, 6) is 2.02. The second-order valence-electron chi connectivity index (χ2n) is 15.8. The Morgan fingerprint density at radius 2 is 0.820 bits per heavy atom. The minimum Gasteiger partial charge on any atom is -0.358 e. The van der Waals surface area contributed by atoms with Crippen molar-refractivity contribution in [2.45, 2.75) is 110 Å². The van der Waals surface area contributed by atoms with Crippen LogP contribution in [0.1, 0.15) is 138 Å². The maximum atomic E-state index is 2.56. The minimum absolute atomic E-state index is 0. The molecule has 0 spiro atoms. The van der Waals surface area contributed by atoms with Gasteiger partial charge in [-0.05, 0) is 75.3 Å². The van der Waals surface area contributed by atoms with Crippen LogP contribution in [0.2, 0.25) is 0 Å². The summed E-state index contributed by atoms with van der Waals surface area (Å²) in [6, 6.07) is 38.6. The molecule has 1 aliphatic rings. The number of rotatable bonds is 8. The maximum Gasteiger partial charge on any atom is 4.00 e. The Balaban J connectivity index is 0.00000187. The van der Waals surface area contributed by atoms with E-state index in [1.54, 1.807) is 0 Å². The predicted octanol–water partition coefficient (Wildman–Crippen LogP) is 15.0. The SMILES string of the molecule is CC(C)c1cc(-c2cccc3[cH-]c(C4(c5cc6c(-c7cc(C(C)C)cc(C(C)C)c7)cccc6[cH-]5)CCCC4)cc23)cc(C(C)C)c1.[CH3-].[CH3-].[Hf+4]. The molecule has 0 aliphatic heterocycles. The van der Waals surface area contributed by atoms with Crippen molar-refractivity contribution < 1.29 is 25.8 Å². The van der Waals surface area contributed by atoms with Crippen LogP contribution in [0.25, 0.3) is 43.8 Å². The van der Waals surface area contributed by atoms with E-state index in [1.807, 2.05) is 0 Å². The average Bonchev–Trinajstić information content (AvgIpc) is 3.82. The van der Waals surface area contributed by atoms with Crippen LogP contribution in [0.3, 0.4) is 0 Å². The van der Waals surface area contributed by atoms with E-state index in [0.29, 0.717) is 23.7 Å². The zero-order chi connectivity index (χ0) is 33.0. The fourth-order valence-electron chi connectivity index (χ4n) is 8.25. The molecule has 1 aliphatic carbocycles. The van der Waals surface area contributed by atoms with Gasteiger partial charge in [-0.25, -0.2) is 0 Å². The summed E-state index contributed by atoms with van der Waals surface area (Å²) in [7, 11) is 0. The smallest absolute Gasteiger partial charge is 0.358 e. The van der Waals surface area contributed by atoms with Crippen molar-refractivity contribution in [3.05, 3.63) is 145 Å². The van der Waals surface area contributed by atoms with Gasteiger partial charge in [-0.15, -0.1) is 69.1 Å². The largest absolute Gasteiger partial charge is 4.00 e. The summed E-state index contributed by atoms with van der Waals surface area (Å²) in [5, 5.41) is 5.53. The van der Waals surface area contributed by atoms with Crippen molar-refractivity contribution in [2.75, 3.05) is 0 Å². The molecule has 0 aromatic heterocycles. The molecule has 0 atom stereocenters. The first-order valence-corrected chi connectivity index (χ1v) is 18.2. The number of benzene rings is 4. The molecule has 7 rings (SSSR count). The molecule has 0 nitrogen and oxygen atoms in total. The summed E-state index contributed by atoms with van der Waals surface area (Å²) in [6.07, 6.45) is 4.99. The maximum absolute atomic E-state index is 2.56. The van der Waals surface area contributed by atoms with Crippen molar-refractivity contribution in [2.24, 2.45) is 0 Å². The van der Waals surface area contributed by atoms with E-state index in [1.165, 1.54) is 103 Å². The Hall–Kier alpha value is -3.03. The van der Waals surface area contributed by atoms with Crippen LogP contribution in [0.5, 0.6) is 0 Å². The number of hydrogen-bond acceptors (Lipinski definition) is 0. The van der Waals surface area contributed by atoms with Crippen molar-refractivity contribution >= 4 is 21.5 Å².